The summed E-state index contributed by atoms with van der Waals surface area (Å²) in [6.45, 7) is 8.32. The fourth-order valence-electron chi connectivity index (χ4n) is 6.58. The predicted molar refractivity (Wildman–Crippen MR) is 176 cm³/mol. The lowest BCUT2D eigenvalue weighted by atomic mass is 9.90. The number of halogens is 1. The first kappa shape index (κ1) is 31.8. The van der Waals surface area contributed by atoms with Crippen molar-refractivity contribution < 1.29 is 18.9 Å². The molecule has 47 heavy (non-hydrogen) atoms. The molecule has 5 heterocycles. The fourth-order valence-corrected chi connectivity index (χ4v) is 6.74. The zero-order chi connectivity index (χ0) is 32.0. The fraction of sp³-hybridized carbons (Fsp3) is 0.545. The van der Waals surface area contributed by atoms with E-state index in [0.717, 1.165) is 88.4 Å². The molecule has 3 aliphatic rings. The Bertz CT molecular complexity index is 1570. The molecule has 1 saturated carbocycles. The molecule has 3 fully saturated rings. The number of hydrogen-bond donors (Lipinski definition) is 1. The highest BCUT2D eigenvalue weighted by molar-refractivity contribution is 6.32. The first-order chi connectivity index (χ1) is 23.1. The minimum Gasteiger partial charge on any atom is -0.487 e. The maximum Gasteiger partial charge on any atom is 0.256 e. The summed E-state index contributed by atoms with van der Waals surface area (Å²) < 4.78 is 27.3. The van der Waals surface area contributed by atoms with Crippen LogP contribution in [0, 0.1) is 5.92 Å². The largest absolute Gasteiger partial charge is 0.487 e. The highest BCUT2D eigenvalue weighted by Gasteiger charge is 2.29. The van der Waals surface area contributed by atoms with Crippen molar-refractivity contribution in [2.45, 2.75) is 63.8 Å². The van der Waals surface area contributed by atoms with E-state index in [1.54, 1.807) is 23.4 Å². The number of nitrogens with one attached hydrogen (secondary N) is 1. The zero-order valence-electron chi connectivity index (χ0n) is 26.7. The van der Waals surface area contributed by atoms with Crippen molar-refractivity contribution in [3.05, 3.63) is 54.5 Å². The van der Waals surface area contributed by atoms with E-state index in [1.807, 2.05) is 31.3 Å². The third-order valence-electron chi connectivity index (χ3n) is 9.18. The molecule has 1 N–H and O–H groups in total. The van der Waals surface area contributed by atoms with E-state index >= 15 is 0 Å². The smallest absolute Gasteiger partial charge is 0.256 e. The lowest BCUT2D eigenvalue weighted by Gasteiger charge is -2.38. The van der Waals surface area contributed by atoms with E-state index in [-0.39, 0.29) is 6.10 Å². The van der Waals surface area contributed by atoms with Crippen molar-refractivity contribution in [1.82, 2.24) is 39.4 Å². The summed E-state index contributed by atoms with van der Waals surface area (Å²) in [5.74, 6) is 1.98. The number of rotatable bonds is 12. The number of nitrogens with zero attached hydrogens (tertiary/aromatic N) is 8. The van der Waals surface area contributed by atoms with Crippen molar-refractivity contribution in [3.8, 4) is 22.8 Å². The second kappa shape index (κ2) is 15.0. The second-order valence-electron chi connectivity index (χ2n) is 12.6. The van der Waals surface area contributed by atoms with Gasteiger partial charge in [-0.2, -0.15) is 5.10 Å². The van der Waals surface area contributed by atoms with E-state index in [2.05, 4.69) is 34.9 Å². The quantitative estimate of drug-likeness (QED) is 0.219. The van der Waals surface area contributed by atoms with Crippen LogP contribution in [0.1, 0.15) is 45.1 Å². The third kappa shape index (κ3) is 8.03. The Hall–Kier alpha value is -3.78. The summed E-state index contributed by atoms with van der Waals surface area (Å²) in [7, 11) is 0. The molecule has 7 rings (SSSR count). The van der Waals surface area contributed by atoms with Gasteiger partial charge >= 0.3 is 0 Å². The minimum atomic E-state index is -0.161. The highest BCUT2D eigenvalue weighted by Crippen LogP contribution is 2.36. The molecule has 14 heteroatoms. The van der Waals surface area contributed by atoms with Crippen molar-refractivity contribution in [1.29, 1.82) is 0 Å². The van der Waals surface area contributed by atoms with Crippen LogP contribution in [0.3, 0.4) is 0 Å². The minimum absolute atomic E-state index is 0.161. The molecule has 1 aromatic carbocycles. The van der Waals surface area contributed by atoms with Crippen LogP contribution in [0.25, 0.3) is 11.1 Å². The first-order valence-electron chi connectivity index (χ1n) is 16.6. The maximum atomic E-state index is 6.47. The van der Waals surface area contributed by atoms with Gasteiger partial charge in [0.15, 0.2) is 0 Å². The summed E-state index contributed by atoms with van der Waals surface area (Å²) in [6.07, 6.45) is 14.1. The van der Waals surface area contributed by atoms with Crippen LogP contribution in [-0.4, -0.2) is 97.7 Å². The second-order valence-corrected chi connectivity index (χ2v) is 13.0. The summed E-state index contributed by atoms with van der Waals surface area (Å²) in [6, 6.07) is 6.60. The van der Waals surface area contributed by atoms with Crippen molar-refractivity contribution in [2.24, 2.45) is 5.92 Å². The molecule has 0 radical (unpaired) electrons. The molecule has 0 amide bonds. The lowest BCUT2D eigenvalue weighted by Crippen LogP contribution is -2.45. The van der Waals surface area contributed by atoms with E-state index < -0.39 is 0 Å². The van der Waals surface area contributed by atoms with Gasteiger partial charge in [0.05, 0.1) is 50.2 Å². The van der Waals surface area contributed by atoms with E-state index in [0.29, 0.717) is 53.8 Å². The van der Waals surface area contributed by atoms with Crippen LogP contribution in [-0.2, 0) is 16.0 Å². The summed E-state index contributed by atoms with van der Waals surface area (Å²) >= 11 is 6.47. The van der Waals surface area contributed by atoms with Crippen molar-refractivity contribution in [3.63, 3.8) is 0 Å². The van der Waals surface area contributed by atoms with Crippen LogP contribution in [0.15, 0.2) is 49.4 Å². The average molecular weight is 664 g/mol. The average Bonchev–Trinajstić information content (AvgIpc) is 3.89. The van der Waals surface area contributed by atoms with Crippen molar-refractivity contribution >= 4 is 23.2 Å². The van der Waals surface area contributed by atoms with Crippen LogP contribution < -0.4 is 14.8 Å². The van der Waals surface area contributed by atoms with E-state index in [4.69, 9.17) is 35.6 Å². The molecule has 0 bridgehead atoms. The number of benzene rings is 1. The molecule has 1 unspecified atom stereocenters. The van der Waals surface area contributed by atoms with Gasteiger partial charge in [0.2, 0.25) is 5.95 Å². The Morgan fingerprint density at radius 1 is 1.00 bits per heavy atom. The van der Waals surface area contributed by atoms with E-state index in [1.165, 1.54) is 6.33 Å². The molecular formula is C33H42ClN9O4. The van der Waals surface area contributed by atoms with Gasteiger partial charge in [-0.15, -0.1) is 5.10 Å². The van der Waals surface area contributed by atoms with Crippen LogP contribution in [0.5, 0.6) is 11.6 Å². The summed E-state index contributed by atoms with van der Waals surface area (Å²) in [5, 5.41) is 13.0. The SMILES string of the molecule is C[C@@H](Cn1cncn1)Oc1cc(-c2cnc(Nc3cn([C@H]4CC[C@H](N5CCOCC5)CC4)nc3OCC3CCOC3)nc2)ccc1Cl. The number of anilines is 2. The molecule has 13 nitrogen and oxygen atoms in total. The topological polar surface area (TPSA) is 126 Å². The monoisotopic (exact) mass is 663 g/mol. The number of morpholine rings is 1. The number of hydrogen-bond acceptors (Lipinski definition) is 11. The molecule has 1 aliphatic carbocycles. The van der Waals surface area contributed by atoms with Crippen LogP contribution in [0.4, 0.5) is 11.6 Å². The Balaban J connectivity index is 1.03. The van der Waals surface area contributed by atoms with Gasteiger partial charge in [-0.1, -0.05) is 17.7 Å². The molecule has 250 valence electrons. The molecule has 3 aromatic heterocycles. The Kier molecular flexibility index (Phi) is 10.1. The van der Waals surface area contributed by atoms with Crippen LogP contribution >= 0.6 is 11.6 Å². The highest BCUT2D eigenvalue weighted by atomic mass is 35.5. The number of aromatic nitrogens is 7. The summed E-state index contributed by atoms with van der Waals surface area (Å²) in [4.78, 5) is 15.8. The molecule has 0 spiro atoms. The van der Waals surface area contributed by atoms with Gasteiger partial charge in [0.25, 0.3) is 5.88 Å². The summed E-state index contributed by atoms with van der Waals surface area (Å²) in [5.41, 5.74) is 2.49. The Labute approximate surface area is 279 Å². The molecule has 2 aliphatic heterocycles. The van der Waals surface area contributed by atoms with Gasteiger partial charge in [-0.05, 0) is 56.7 Å². The molecule has 2 atom stereocenters. The third-order valence-corrected chi connectivity index (χ3v) is 9.49. The van der Waals surface area contributed by atoms with Gasteiger partial charge in [-0.3, -0.25) is 9.58 Å². The Morgan fingerprint density at radius 2 is 1.81 bits per heavy atom. The van der Waals surface area contributed by atoms with Gasteiger partial charge in [0, 0.05) is 49.6 Å². The van der Waals surface area contributed by atoms with E-state index in [9.17, 15) is 0 Å². The normalized spacial score (nSPS) is 22.6. The zero-order valence-corrected chi connectivity index (χ0v) is 27.5. The Morgan fingerprint density at radius 3 is 2.55 bits per heavy atom. The van der Waals surface area contributed by atoms with Crippen molar-refractivity contribution in [2.75, 3.05) is 51.4 Å². The van der Waals surface area contributed by atoms with Gasteiger partial charge in [0.1, 0.15) is 30.2 Å². The number of ether oxygens (including phenoxy) is 4. The molecule has 2 saturated heterocycles. The first-order valence-corrected chi connectivity index (χ1v) is 16.9. The predicted octanol–water partition coefficient (Wildman–Crippen LogP) is 5.03. The standard InChI is InChI=1S/C33H42ClN9O4/c1-23(17-42-22-35-21-38-42)47-31-14-25(2-7-29(31)34)26-15-36-33(37-16-26)39-30-18-43(40-32(30)46-20-24-8-11-45-19-24)28-5-3-27(4-6-28)41-9-12-44-13-10-41/h2,7,14-16,18,21-24,27-28H,3-6,8-13,17,19-20H2,1H3,(H,36,37,39)/t23-,24?,27-,28-/m0/s1. The molecular weight excluding hydrogens is 622 g/mol. The maximum absolute atomic E-state index is 6.47. The van der Waals surface area contributed by atoms with Gasteiger partial charge in [-0.25, -0.2) is 19.6 Å². The lowest BCUT2D eigenvalue weighted by molar-refractivity contribution is 0.00502. The molecule has 4 aromatic rings. The van der Waals surface area contributed by atoms with Crippen LogP contribution in [0.2, 0.25) is 5.02 Å². The van der Waals surface area contributed by atoms with Gasteiger partial charge < -0.3 is 24.3 Å².